The molecule has 0 aromatic carbocycles. The first-order valence-electron chi connectivity index (χ1n) is 6.24. The number of hydrogen-bond donors (Lipinski definition) is 3. The molecule has 0 aromatic rings. The topological polar surface area (TPSA) is 56.7 Å². The molecule has 1 aliphatic rings. The summed E-state index contributed by atoms with van der Waals surface area (Å²) < 4.78 is 0. The first-order chi connectivity index (χ1) is 7.97. The molecule has 0 saturated carbocycles. The van der Waals surface area contributed by atoms with E-state index in [0.29, 0.717) is 18.5 Å². The predicted octanol–water partition coefficient (Wildman–Crippen LogP) is 1.06. The second kappa shape index (κ2) is 6.50. The van der Waals surface area contributed by atoms with Crippen molar-refractivity contribution in [2.45, 2.75) is 38.8 Å². The number of nitrogens with one attached hydrogen (secondary N) is 2. The van der Waals surface area contributed by atoms with E-state index in [4.69, 9.17) is 0 Å². The largest absolute Gasteiger partial charge is 0.387 e. The first-order valence-corrected chi connectivity index (χ1v) is 7.39. The van der Waals surface area contributed by atoms with Crippen LogP contribution >= 0.6 is 11.8 Å². The summed E-state index contributed by atoms with van der Waals surface area (Å²) >= 11 is 1.81. The molecule has 0 spiro atoms. The Morgan fingerprint density at radius 2 is 2.18 bits per heavy atom. The van der Waals surface area contributed by atoms with Crippen LogP contribution in [0.2, 0.25) is 0 Å². The average Bonchev–Trinajstić information content (AvgIpc) is 2.71. The van der Waals surface area contributed by atoms with E-state index in [9.17, 15) is 5.11 Å². The van der Waals surface area contributed by atoms with Crippen LogP contribution in [0.25, 0.3) is 0 Å². The Morgan fingerprint density at radius 3 is 2.65 bits per heavy atom. The first kappa shape index (κ1) is 14.6. The standard InChI is InChI=1S/C12H25N3OS/c1-9(2)10(3)15-11(13-4)14-7-12(16)5-6-17-8-12/h9-10,16H,5-8H2,1-4H3,(H2,13,14,15). The van der Waals surface area contributed by atoms with Gasteiger partial charge < -0.3 is 15.7 Å². The van der Waals surface area contributed by atoms with Gasteiger partial charge in [0.15, 0.2) is 5.96 Å². The molecule has 17 heavy (non-hydrogen) atoms. The Bertz CT molecular complexity index is 262. The zero-order chi connectivity index (χ0) is 12.9. The minimum Gasteiger partial charge on any atom is -0.387 e. The van der Waals surface area contributed by atoms with E-state index in [1.165, 1.54) is 0 Å². The lowest BCUT2D eigenvalue weighted by Crippen LogP contribution is -2.50. The fraction of sp³-hybridized carbons (Fsp3) is 0.917. The van der Waals surface area contributed by atoms with E-state index in [1.807, 2.05) is 11.8 Å². The van der Waals surface area contributed by atoms with Crippen molar-refractivity contribution in [3.63, 3.8) is 0 Å². The molecule has 1 rings (SSSR count). The third-order valence-corrected chi connectivity index (χ3v) is 4.49. The maximum absolute atomic E-state index is 10.2. The number of hydrogen-bond acceptors (Lipinski definition) is 3. The molecule has 0 radical (unpaired) electrons. The van der Waals surface area contributed by atoms with Gasteiger partial charge in [-0.15, -0.1) is 0 Å². The summed E-state index contributed by atoms with van der Waals surface area (Å²) in [5.41, 5.74) is -0.566. The van der Waals surface area contributed by atoms with E-state index in [-0.39, 0.29) is 0 Å². The Hall–Kier alpha value is -0.420. The van der Waals surface area contributed by atoms with Gasteiger partial charge in [0.25, 0.3) is 0 Å². The van der Waals surface area contributed by atoms with E-state index in [2.05, 4.69) is 36.4 Å². The van der Waals surface area contributed by atoms with E-state index < -0.39 is 5.60 Å². The molecular weight excluding hydrogens is 234 g/mol. The Balaban J connectivity index is 2.37. The van der Waals surface area contributed by atoms with Crippen LogP contribution in [-0.2, 0) is 0 Å². The normalized spacial score (nSPS) is 27.3. The number of nitrogens with zero attached hydrogens (tertiary/aromatic N) is 1. The lowest BCUT2D eigenvalue weighted by Gasteiger charge is -2.25. The van der Waals surface area contributed by atoms with Crippen molar-refractivity contribution in [2.24, 2.45) is 10.9 Å². The van der Waals surface area contributed by atoms with Gasteiger partial charge >= 0.3 is 0 Å². The van der Waals surface area contributed by atoms with Gasteiger partial charge in [0.2, 0.25) is 0 Å². The Morgan fingerprint density at radius 1 is 1.47 bits per heavy atom. The third-order valence-electron chi connectivity index (χ3n) is 3.26. The fourth-order valence-electron chi connectivity index (χ4n) is 1.56. The van der Waals surface area contributed by atoms with E-state index in [1.54, 1.807) is 7.05 Å². The molecule has 100 valence electrons. The van der Waals surface area contributed by atoms with Gasteiger partial charge in [-0.3, -0.25) is 4.99 Å². The summed E-state index contributed by atoms with van der Waals surface area (Å²) in [4.78, 5) is 4.18. The van der Waals surface area contributed by atoms with E-state index in [0.717, 1.165) is 23.9 Å². The SMILES string of the molecule is CN=C(NCC1(O)CCSC1)NC(C)C(C)C. The second-order valence-electron chi connectivity index (χ2n) is 5.13. The maximum Gasteiger partial charge on any atom is 0.191 e. The van der Waals surface area contributed by atoms with Crippen molar-refractivity contribution in [3.8, 4) is 0 Å². The quantitative estimate of drug-likeness (QED) is 0.522. The van der Waals surface area contributed by atoms with Crippen LogP contribution in [0.15, 0.2) is 4.99 Å². The molecule has 1 saturated heterocycles. The van der Waals surface area contributed by atoms with Crippen molar-refractivity contribution in [2.75, 3.05) is 25.1 Å². The van der Waals surface area contributed by atoms with Crippen LogP contribution in [0.1, 0.15) is 27.2 Å². The molecule has 4 nitrogen and oxygen atoms in total. The van der Waals surface area contributed by atoms with Gasteiger partial charge in [0.1, 0.15) is 0 Å². The highest BCUT2D eigenvalue weighted by Crippen LogP contribution is 2.26. The summed E-state index contributed by atoms with van der Waals surface area (Å²) in [6.07, 6.45) is 0.862. The zero-order valence-corrected chi connectivity index (χ0v) is 12.1. The van der Waals surface area contributed by atoms with Crippen molar-refractivity contribution in [1.82, 2.24) is 10.6 Å². The van der Waals surface area contributed by atoms with Crippen LogP contribution in [0, 0.1) is 5.92 Å². The number of aliphatic imine (C=N–C) groups is 1. The lowest BCUT2D eigenvalue weighted by molar-refractivity contribution is 0.0723. The monoisotopic (exact) mass is 259 g/mol. The number of aliphatic hydroxyl groups is 1. The molecular formula is C12H25N3OS. The molecule has 0 aliphatic carbocycles. The fourth-order valence-corrected chi connectivity index (χ4v) is 2.86. The molecule has 0 aromatic heterocycles. The molecule has 5 heteroatoms. The minimum absolute atomic E-state index is 0.369. The van der Waals surface area contributed by atoms with Crippen molar-refractivity contribution >= 4 is 17.7 Å². The molecule has 1 aliphatic heterocycles. The molecule has 1 heterocycles. The smallest absolute Gasteiger partial charge is 0.191 e. The summed E-state index contributed by atoms with van der Waals surface area (Å²) in [6, 6.07) is 0.369. The number of rotatable bonds is 4. The van der Waals surface area contributed by atoms with E-state index >= 15 is 0 Å². The van der Waals surface area contributed by atoms with Crippen LogP contribution < -0.4 is 10.6 Å². The van der Waals surface area contributed by atoms with Gasteiger partial charge in [-0.25, -0.2) is 0 Å². The lowest BCUT2D eigenvalue weighted by atomic mass is 10.0. The van der Waals surface area contributed by atoms with Crippen molar-refractivity contribution < 1.29 is 5.11 Å². The van der Waals surface area contributed by atoms with Gasteiger partial charge in [0.05, 0.1) is 5.60 Å². The van der Waals surface area contributed by atoms with Crippen LogP contribution in [0.5, 0.6) is 0 Å². The highest BCUT2D eigenvalue weighted by molar-refractivity contribution is 7.99. The molecule has 1 fully saturated rings. The summed E-state index contributed by atoms with van der Waals surface area (Å²) in [5, 5.41) is 16.8. The minimum atomic E-state index is -0.566. The summed E-state index contributed by atoms with van der Waals surface area (Å²) in [7, 11) is 1.76. The average molecular weight is 259 g/mol. The number of thioether (sulfide) groups is 1. The molecule has 3 N–H and O–H groups in total. The zero-order valence-electron chi connectivity index (χ0n) is 11.3. The molecule has 2 atom stereocenters. The summed E-state index contributed by atoms with van der Waals surface area (Å²) in [5.74, 6) is 3.19. The Kier molecular flexibility index (Phi) is 5.59. The van der Waals surface area contributed by atoms with Crippen molar-refractivity contribution in [1.29, 1.82) is 0 Å². The van der Waals surface area contributed by atoms with Crippen LogP contribution in [0.4, 0.5) is 0 Å². The van der Waals surface area contributed by atoms with Crippen LogP contribution in [0.3, 0.4) is 0 Å². The third kappa shape index (κ3) is 4.76. The van der Waals surface area contributed by atoms with Crippen LogP contribution in [-0.4, -0.2) is 47.8 Å². The van der Waals surface area contributed by atoms with Gasteiger partial charge in [-0.05, 0) is 25.0 Å². The Labute approximate surface area is 109 Å². The predicted molar refractivity (Wildman–Crippen MR) is 75.7 cm³/mol. The maximum atomic E-state index is 10.2. The highest BCUT2D eigenvalue weighted by Gasteiger charge is 2.31. The van der Waals surface area contributed by atoms with Gasteiger partial charge in [-0.1, -0.05) is 13.8 Å². The number of guanidine groups is 1. The van der Waals surface area contributed by atoms with Crippen molar-refractivity contribution in [3.05, 3.63) is 0 Å². The molecule has 0 bridgehead atoms. The van der Waals surface area contributed by atoms with Gasteiger partial charge in [0, 0.05) is 25.4 Å². The molecule has 2 unspecified atom stereocenters. The summed E-state index contributed by atoms with van der Waals surface area (Å²) in [6.45, 7) is 7.06. The second-order valence-corrected chi connectivity index (χ2v) is 6.23. The highest BCUT2D eigenvalue weighted by atomic mass is 32.2. The van der Waals surface area contributed by atoms with Gasteiger partial charge in [-0.2, -0.15) is 11.8 Å². The molecule has 0 amide bonds.